The standard InChI is InChI=1S/C12H18F3N3/c1-3-6-16-11-8-10(5-7-17-11)18(4-2)9-12(13,14)15/h5,7-8H,3-4,6,9H2,1-2H3,(H,16,17). The lowest BCUT2D eigenvalue weighted by molar-refractivity contribution is -0.119. The Kier molecular flexibility index (Phi) is 5.25. The summed E-state index contributed by atoms with van der Waals surface area (Å²) in [5.41, 5.74) is 0.531. The van der Waals surface area contributed by atoms with E-state index in [-0.39, 0.29) is 0 Å². The first-order valence-electron chi connectivity index (χ1n) is 5.98. The molecule has 0 saturated carbocycles. The van der Waals surface area contributed by atoms with Crippen molar-refractivity contribution in [3.63, 3.8) is 0 Å². The summed E-state index contributed by atoms with van der Waals surface area (Å²) in [5.74, 6) is 0.606. The Labute approximate surface area is 105 Å². The van der Waals surface area contributed by atoms with Gasteiger partial charge in [0.05, 0.1) is 0 Å². The fraction of sp³-hybridized carbons (Fsp3) is 0.583. The predicted molar refractivity (Wildman–Crippen MR) is 67.0 cm³/mol. The molecule has 1 aromatic heterocycles. The summed E-state index contributed by atoms with van der Waals surface area (Å²) in [6, 6.07) is 3.23. The second-order valence-electron chi connectivity index (χ2n) is 3.96. The van der Waals surface area contributed by atoms with Gasteiger partial charge >= 0.3 is 6.18 Å². The molecule has 0 bridgehead atoms. The van der Waals surface area contributed by atoms with Crippen molar-refractivity contribution >= 4 is 11.5 Å². The van der Waals surface area contributed by atoms with Crippen LogP contribution in [0.4, 0.5) is 24.7 Å². The zero-order valence-electron chi connectivity index (χ0n) is 10.6. The van der Waals surface area contributed by atoms with E-state index in [0.717, 1.165) is 13.0 Å². The molecule has 1 rings (SSSR count). The van der Waals surface area contributed by atoms with Gasteiger partial charge in [0.25, 0.3) is 0 Å². The highest BCUT2D eigenvalue weighted by Crippen LogP contribution is 2.23. The van der Waals surface area contributed by atoms with Gasteiger partial charge in [-0.1, -0.05) is 6.92 Å². The largest absolute Gasteiger partial charge is 0.405 e. The van der Waals surface area contributed by atoms with Crippen LogP contribution in [0.15, 0.2) is 18.3 Å². The van der Waals surface area contributed by atoms with Crippen molar-refractivity contribution in [2.45, 2.75) is 26.4 Å². The van der Waals surface area contributed by atoms with Crippen molar-refractivity contribution in [1.29, 1.82) is 0 Å². The number of pyridine rings is 1. The van der Waals surface area contributed by atoms with E-state index in [2.05, 4.69) is 10.3 Å². The third-order valence-electron chi connectivity index (χ3n) is 2.42. The molecule has 6 heteroatoms. The van der Waals surface area contributed by atoms with Crippen LogP contribution < -0.4 is 10.2 Å². The van der Waals surface area contributed by atoms with Gasteiger partial charge in [-0.15, -0.1) is 0 Å². The number of hydrogen-bond donors (Lipinski definition) is 1. The number of nitrogens with one attached hydrogen (secondary N) is 1. The highest BCUT2D eigenvalue weighted by Gasteiger charge is 2.30. The van der Waals surface area contributed by atoms with Gasteiger partial charge in [0.1, 0.15) is 12.4 Å². The SMILES string of the molecule is CCCNc1cc(N(CC)CC(F)(F)F)ccn1. The van der Waals surface area contributed by atoms with E-state index in [9.17, 15) is 13.2 Å². The molecule has 0 spiro atoms. The first-order valence-corrected chi connectivity index (χ1v) is 5.98. The zero-order valence-corrected chi connectivity index (χ0v) is 10.6. The number of hydrogen-bond acceptors (Lipinski definition) is 3. The second-order valence-corrected chi connectivity index (χ2v) is 3.96. The van der Waals surface area contributed by atoms with Crippen LogP contribution in [-0.4, -0.2) is 30.8 Å². The summed E-state index contributed by atoms with van der Waals surface area (Å²) >= 11 is 0. The topological polar surface area (TPSA) is 28.2 Å². The van der Waals surface area contributed by atoms with Crippen LogP contribution >= 0.6 is 0 Å². The Balaban J connectivity index is 2.79. The molecule has 1 N–H and O–H groups in total. The van der Waals surface area contributed by atoms with Crippen LogP contribution in [-0.2, 0) is 0 Å². The smallest absolute Gasteiger partial charge is 0.370 e. The molecule has 0 aliphatic rings. The van der Waals surface area contributed by atoms with Crippen LogP contribution in [0.3, 0.4) is 0 Å². The summed E-state index contributed by atoms with van der Waals surface area (Å²) in [6.45, 7) is 3.82. The fourth-order valence-corrected chi connectivity index (χ4v) is 1.57. The Morgan fingerprint density at radius 2 is 2.06 bits per heavy atom. The van der Waals surface area contributed by atoms with Crippen molar-refractivity contribution < 1.29 is 13.2 Å². The summed E-state index contributed by atoms with van der Waals surface area (Å²) < 4.78 is 37.2. The fourth-order valence-electron chi connectivity index (χ4n) is 1.57. The molecule has 3 nitrogen and oxygen atoms in total. The van der Waals surface area contributed by atoms with E-state index in [4.69, 9.17) is 0 Å². The summed E-state index contributed by atoms with van der Waals surface area (Å²) in [7, 11) is 0. The van der Waals surface area contributed by atoms with Gasteiger partial charge in [-0.2, -0.15) is 13.2 Å². The Morgan fingerprint density at radius 1 is 1.33 bits per heavy atom. The number of nitrogens with zero attached hydrogens (tertiary/aromatic N) is 2. The lowest BCUT2D eigenvalue weighted by Crippen LogP contribution is -2.34. The van der Waals surface area contributed by atoms with E-state index in [1.54, 1.807) is 19.1 Å². The van der Waals surface area contributed by atoms with Crippen molar-refractivity contribution in [2.24, 2.45) is 0 Å². The van der Waals surface area contributed by atoms with Crippen LogP contribution in [0, 0.1) is 0 Å². The average molecular weight is 261 g/mol. The summed E-state index contributed by atoms with van der Waals surface area (Å²) in [5, 5.41) is 3.06. The molecule has 0 aliphatic heterocycles. The van der Waals surface area contributed by atoms with Crippen molar-refractivity contribution in [1.82, 2.24) is 4.98 Å². The minimum absolute atomic E-state index is 0.302. The van der Waals surface area contributed by atoms with Gasteiger partial charge in [0, 0.05) is 31.0 Å². The second kappa shape index (κ2) is 6.47. The highest BCUT2D eigenvalue weighted by atomic mass is 19.4. The summed E-state index contributed by atoms with van der Waals surface area (Å²) in [4.78, 5) is 5.35. The molecule has 0 aromatic carbocycles. The molecule has 1 heterocycles. The Hall–Kier alpha value is -1.46. The average Bonchev–Trinajstić information content (AvgIpc) is 2.32. The maximum atomic E-state index is 12.4. The lowest BCUT2D eigenvalue weighted by atomic mass is 10.3. The normalized spacial score (nSPS) is 11.4. The molecule has 0 aliphatic carbocycles. The van der Waals surface area contributed by atoms with Gasteiger partial charge in [-0.05, 0) is 19.4 Å². The van der Waals surface area contributed by atoms with Crippen LogP contribution in [0.1, 0.15) is 20.3 Å². The third kappa shape index (κ3) is 4.81. The third-order valence-corrected chi connectivity index (χ3v) is 2.42. The molecule has 0 atom stereocenters. The minimum Gasteiger partial charge on any atom is -0.370 e. The molecular weight excluding hydrogens is 243 g/mol. The van der Waals surface area contributed by atoms with Crippen molar-refractivity contribution in [3.05, 3.63) is 18.3 Å². The van der Waals surface area contributed by atoms with E-state index in [1.807, 2.05) is 6.92 Å². The molecule has 0 unspecified atom stereocenters. The lowest BCUT2D eigenvalue weighted by Gasteiger charge is -2.24. The van der Waals surface area contributed by atoms with Crippen molar-refractivity contribution in [2.75, 3.05) is 29.9 Å². The minimum atomic E-state index is -4.20. The Bertz CT molecular complexity index is 366. The van der Waals surface area contributed by atoms with Gasteiger partial charge < -0.3 is 10.2 Å². The molecule has 18 heavy (non-hydrogen) atoms. The molecule has 0 saturated heterocycles. The maximum absolute atomic E-state index is 12.4. The van der Waals surface area contributed by atoms with Crippen LogP contribution in [0.2, 0.25) is 0 Å². The highest BCUT2D eigenvalue weighted by molar-refractivity contribution is 5.53. The van der Waals surface area contributed by atoms with Gasteiger partial charge in [0.2, 0.25) is 0 Å². The molecule has 1 aromatic rings. The van der Waals surface area contributed by atoms with Crippen molar-refractivity contribution in [3.8, 4) is 0 Å². The number of anilines is 2. The van der Waals surface area contributed by atoms with Crippen LogP contribution in [0.5, 0.6) is 0 Å². The molecule has 0 fully saturated rings. The molecule has 102 valence electrons. The number of rotatable bonds is 6. The Morgan fingerprint density at radius 3 is 2.61 bits per heavy atom. The van der Waals surface area contributed by atoms with Crippen LogP contribution in [0.25, 0.3) is 0 Å². The van der Waals surface area contributed by atoms with E-state index < -0.39 is 12.7 Å². The first kappa shape index (κ1) is 14.6. The van der Waals surface area contributed by atoms with E-state index >= 15 is 0 Å². The molecule has 0 amide bonds. The first-order chi connectivity index (χ1) is 8.46. The molecule has 0 radical (unpaired) electrons. The predicted octanol–water partition coefficient (Wildman–Crippen LogP) is 3.29. The van der Waals surface area contributed by atoms with E-state index in [1.165, 1.54) is 11.1 Å². The number of alkyl halides is 3. The van der Waals surface area contributed by atoms with Gasteiger partial charge in [-0.3, -0.25) is 0 Å². The monoisotopic (exact) mass is 261 g/mol. The summed E-state index contributed by atoms with van der Waals surface area (Å²) in [6.07, 6.45) is -1.74. The van der Waals surface area contributed by atoms with E-state index in [0.29, 0.717) is 18.1 Å². The molecular formula is C12H18F3N3. The maximum Gasteiger partial charge on any atom is 0.405 e. The zero-order chi connectivity index (χ0) is 13.6. The number of aromatic nitrogens is 1. The number of halogens is 3. The quantitative estimate of drug-likeness (QED) is 0.851. The van der Waals surface area contributed by atoms with Gasteiger partial charge in [-0.25, -0.2) is 4.98 Å². The van der Waals surface area contributed by atoms with Gasteiger partial charge in [0.15, 0.2) is 0 Å².